The molecule has 2 rings (SSSR count). The number of carboxylic acids is 1. The van der Waals surface area contributed by atoms with Crippen LogP contribution in [0.3, 0.4) is 0 Å². The van der Waals surface area contributed by atoms with E-state index in [2.05, 4.69) is 0 Å². The minimum Gasteiger partial charge on any atom is -0.478 e. The smallest absolute Gasteiger partial charge is 0.332 e. The molecule has 1 fully saturated rings. The van der Waals surface area contributed by atoms with Gasteiger partial charge in [-0.25, -0.2) is 4.79 Å². The topological polar surface area (TPSA) is 66.8 Å². The van der Waals surface area contributed by atoms with Crippen LogP contribution >= 0.6 is 0 Å². The van der Waals surface area contributed by atoms with Crippen LogP contribution < -0.4 is 0 Å². The van der Waals surface area contributed by atoms with E-state index in [1.165, 1.54) is 0 Å². The van der Waals surface area contributed by atoms with E-state index in [9.17, 15) is 9.90 Å². The predicted octanol–water partition coefficient (Wildman–Crippen LogP) is 0.682. The molecule has 4 nitrogen and oxygen atoms in total. The van der Waals surface area contributed by atoms with Crippen LogP contribution in [0.5, 0.6) is 0 Å². The summed E-state index contributed by atoms with van der Waals surface area (Å²) in [7, 11) is 0. The van der Waals surface area contributed by atoms with Crippen molar-refractivity contribution < 1.29 is 19.7 Å². The fraction of sp³-hybridized carbons (Fsp3) is 0.500. The highest BCUT2D eigenvalue weighted by atomic mass is 16.6. The van der Waals surface area contributed by atoms with E-state index in [0.717, 1.165) is 5.57 Å². The molecule has 0 radical (unpaired) electrons. The van der Waals surface area contributed by atoms with E-state index in [1.807, 2.05) is 0 Å². The molecule has 1 saturated heterocycles. The first-order valence-corrected chi connectivity index (χ1v) is 4.56. The summed E-state index contributed by atoms with van der Waals surface area (Å²) in [4.78, 5) is 10.9. The molecule has 2 atom stereocenters. The number of ether oxygens (including phenoxy) is 1. The predicted molar refractivity (Wildman–Crippen MR) is 48.5 cm³/mol. The maximum absolute atomic E-state index is 10.9. The van der Waals surface area contributed by atoms with Gasteiger partial charge in [0.1, 0.15) is 0 Å². The van der Waals surface area contributed by atoms with Crippen molar-refractivity contribution in [3.05, 3.63) is 22.8 Å². The van der Waals surface area contributed by atoms with E-state index in [1.54, 1.807) is 13.0 Å². The third-order valence-electron chi connectivity index (χ3n) is 2.77. The monoisotopic (exact) mass is 196 g/mol. The SMILES string of the molecule is CC1=C2C(O)OCCC2C(C(=O)O)=C1. The summed E-state index contributed by atoms with van der Waals surface area (Å²) in [6.45, 7) is 2.21. The Morgan fingerprint density at radius 2 is 2.36 bits per heavy atom. The molecule has 4 heteroatoms. The lowest BCUT2D eigenvalue weighted by Crippen LogP contribution is -2.29. The summed E-state index contributed by atoms with van der Waals surface area (Å²) < 4.78 is 5.06. The van der Waals surface area contributed by atoms with Crippen molar-refractivity contribution in [2.75, 3.05) is 6.61 Å². The standard InChI is InChI=1S/C10H12O4/c1-5-4-7(9(11)12)6-2-3-14-10(13)8(5)6/h4,6,10,13H,2-3H2,1H3,(H,11,12). The van der Waals surface area contributed by atoms with E-state index < -0.39 is 12.3 Å². The van der Waals surface area contributed by atoms with Crippen molar-refractivity contribution in [1.82, 2.24) is 0 Å². The quantitative estimate of drug-likeness (QED) is 0.647. The molecular formula is C10H12O4. The van der Waals surface area contributed by atoms with Crippen LogP contribution in [-0.2, 0) is 9.53 Å². The van der Waals surface area contributed by atoms with Crippen LogP contribution in [0.4, 0.5) is 0 Å². The number of fused-ring (bicyclic) bond motifs is 1. The molecule has 2 aliphatic rings. The minimum atomic E-state index is -0.929. The Bertz CT molecular complexity index is 340. The Hall–Kier alpha value is -1.13. The molecule has 14 heavy (non-hydrogen) atoms. The van der Waals surface area contributed by atoms with Gasteiger partial charge in [-0.15, -0.1) is 0 Å². The zero-order valence-electron chi connectivity index (χ0n) is 7.86. The molecule has 76 valence electrons. The summed E-state index contributed by atoms with van der Waals surface area (Å²) in [6, 6.07) is 0. The van der Waals surface area contributed by atoms with E-state index in [4.69, 9.17) is 9.84 Å². The highest BCUT2D eigenvalue weighted by Crippen LogP contribution is 2.39. The maximum Gasteiger partial charge on any atom is 0.332 e. The van der Waals surface area contributed by atoms with Crippen LogP contribution in [0.2, 0.25) is 0 Å². The average Bonchev–Trinajstić information content (AvgIpc) is 2.45. The van der Waals surface area contributed by atoms with Crippen molar-refractivity contribution in [1.29, 1.82) is 0 Å². The van der Waals surface area contributed by atoms with Crippen molar-refractivity contribution in [2.24, 2.45) is 5.92 Å². The summed E-state index contributed by atoms with van der Waals surface area (Å²) in [5, 5.41) is 18.5. The van der Waals surface area contributed by atoms with Gasteiger partial charge in [0.2, 0.25) is 0 Å². The molecule has 0 amide bonds. The van der Waals surface area contributed by atoms with Gasteiger partial charge in [0.05, 0.1) is 6.61 Å². The summed E-state index contributed by atoms with van der Waals surface area (Å²) in [6.07, 6.45) is 1.34. The Morgan fingerprint density at radius 1 is 1.64 bits per heavy atom. The molecule has 0 saturated carbocycles. The van der Waals surface area contributed by atoms with Gasteiger partial charge >= 0.3 is 5.97 Å². The number of hydrogen-bond acceptors (Lipinski definition) is 3. The molecule has 1 aliphatic heterocycles. The number of aliphatic hydroxyl groups excluding tert-OH is 1. The zero-order valence-corrected chi connectivity index (χ0v) is 7.86. The first-order chi connectivity index (χ1) is 6.61. The summed E-state index contributed by atoms with van der Waals surface area (Å²) in [5.74, 6) is -1.06. The molecule has 0 spiro atoms. The zero-order chi connectivity index (χ0) is 10.3. The Labute approximate surface area is 81.5 Å². The lowest BCUT2D eigenvalue weighted by atomic mass is 9.90. The average molecular weight is 196 g/mol. The molecule has 0 aromatic carbocycles. The van der Waals surface area contributed by atoms with Gasteiger partial charge in [-0.3, -0.25) is 0 Å². The van der Waals surface area contributed by atoms with Crippen LogP contribution in [0.1, 0.15) is 13.3 Å². The molecule has 0 aromatic rings. The second-order valence-corrected chi connectivity index (χ2v) is 3.61. The first kappa shape index (κ1) is 9.43. The third kappa shape index (κ3) is 1.27. The fourth-order valence-electron chi connectivity index (χ4n) is 2.14. The molecule has 1 heterocycles. The van der Waals surface area contributed by atoms with Crippen LogP contribution in [-0.4, -0.2) is 29.1 Å². The van der Waals surface area contributed by atoms with E-state index in [-0.39, 0.29) is 5.92 Å². The lowest BCUT2D eigenvalue weighted by Gasteiger charge is -2.27. The minimum absolute atomic E-state index is 0.156. The molecule has 0 bridgehead atoms. The number of rotatable bonds is 1. The number of aliphatic hydroxyl groups is 1. The van der Waals surface area contributed by atoms with Crippen molar-refractivity contribution in [3.8, 4) is 0 Å². The number of carboxylic acid groups (broad SMARTS) is 1. The van der Waals surface area contributed by atoms with Crippen LogP contribution in [0.25, 0.3) is 0 Å². The molecule has 1 aliphatic carbocycles. The van der Waals surface area contributed by atoms with Crippen molar-refractivity contribution >= 4 is 5.97 Å². The molecular weight excluding hydrogens is 184 g/mol. The molecule has 0 aromatic heterocycles. The van der Waals surface area contributed by atoms with Crippen molar-refractivity contribution in [2.45, 2.75) is 19.6 Å². The van der Waals surface area contributed by atoms with Crippen LogP contribution in [0.15, 0.2) is 22.8 Å². The highest BCUT2D eigenvalue weighted by Gasteiger charge is 2.37. The van der Waals surface area contributed by atoms with E-state index >= 15 is 0 Å². The second-order valence-electron chi connectivity index (χ2n) is 3.61. The third-order valence-corrected chi connectivity index (χ3v) is 2.77. The lowest BCUT2D eigenvalue weighted by molar-refractivity contribution is -0.134. The van der Waals surface area contributed by atoms with Crippen LogP contribution in [0, 0.1) is 5.92 Å². The highest BCUT2D eigenvalue weighted by molar-refractivity contribution is 5.90. The number of hydrogen-bond donors (Lipinski definition) is 2. The number of aliphatic carboxylic acids is 1. The van der Waals surface area contributed by atoms with Crippen molar-refractivity contribution in [3.63, 3.8) is 0 Å². The van der Waals surface area contributed by atoms with Gasteiger partial charge in [-0.05, 0) is 30.6 Å². The largest absolute Gasteiger partial charge is 0.478 e. The molecule has 2 N–H and O–H groups in total. The second kappa shape index (κ2) is 3.22. The van der Waals surface area contributed by atoms with Gasteiger partial charge in [-0.1, -0.05) is 0 Å². The van der Waals surface area contributed by atoms with Gasteiger partial charge in [0.25, 0.3) is 0 Å². The van der Waals surface area contributed by atoms with Gasteiger partial charge in [-0.2, -0.15) is 0 Å². The fourth-order valence-corrected chi connectivity index (χ4v) is 2.14. The summed E-state index contributed by atoms with van der Waals surface area (Å²) in [5.41, 5.74) is 1.91. The van der Waals surface area contributed by atoms with Gasteiger partial charge in [0.15, 0.2) is 6.29 Å². The Balaban J connectivity index is 2.34. The molecule has 2 unspecified atom stereocenters. The number of carbonyl (C=O) groups is 1. The number of allylic oxidation sites excluding steroid dienone is 2. The van der Waals surface area contributed by atoms with Gasteiger partial charge < -0.3 is 14.9 Å². The van der Waals surface area contributed by atoms with Gasteiger partial charge in [0, 0.05) is 11.5 Å². The normalized spacial score (nSPS) is 31.4. The first-order valence-electron chi connectivity index (χ1n) is 4.56. The maximum atomic E-state index is 10.9. The van der Waals surface area contributed by atoms with E-state index in [0.29, 0.717) is 24.2 Å². The Morgan fingerprint density at radius 3 is 3.00 bits per heavy atom. The summed E-state index contributed by atoms with van der Waals surface area (Å²) >= 11 is 0. The Kier molecular flexibility index (Phi) is 2.17.